The van der Waals surface area contributed by atoms with E-state index in [0.717, 1.165) is 42.1 Å². The fourth-order valence-electron chi connectivity index (χ4n) is 3.69. The van der Waals surface area contributed by atoms with Crippen molar-refractivity contribution in [2.24, 2.45) is 0 Å². The molecule has 3 nitrogen and oxygen atoms in total. The van der Waals surface area contributed by atoms with Crippen LogP contribution in [0.1, 0.15) is 17.9 Å². The van der Waals surface area contributed by atoms with Crippen LogP contribution < -0.4 is 15.0 Å². The molecule has 0 unspecified atom stereocenters. The van der Waals surface area contributed by atoms with E-state index in [4.69, 9.17) is 27.9 Å². The smallest absolute Gasteiger partial charge is 0.146 e. The maximum absolute atomic E-state index is 6.44. The molecule has 2 aromatic carbocycles. The first kappa shape index (κ1) is 16.1. The minimum Gasteiger partial charge on any atom is -0.487 e. The van der Waals surface area contributed by atoms with Gasteiger partial charge in [-0.05, 0) is 42.8 Å². The topological polar surface area (TPSA) is 24.5 Å². The molecule has 5 heteroatoms. The molecule has 0 saturated carbocycles. The van der Waals surface area contributed by atoms with E-state index in [1.54, 1.807) is 6.07 Å². The van der Waals surface area contributed by atoms with Crippen molar-refractivity contribution in [1.82, 2.24) is 5.32 Å². The molecule has 2 aliphatic rings. The van der Waals surface area contributed by atoms with Crippen molar-refractivity contribution >= 4 is 28.9 Å². The molecular weight excluding hydrogens is 343 g/mol. The van der Waals surface area contributed by atoms with E-state index in [0.29, 0.717) is 16.0 Å². The Labute approximate surface area is 152 Å². The van der Waals surface area contributed by atoms with Gasteiger partial charge in [0.15, 0.2) is 0 Å². The number of nitrogens with zero attached hydrogens (tertiary/aromatic N) is 1. The normalized spacial score (nSPS) is 21.8. The Bertz CT molecular complexity index is 791. The number of piperidine rings is 1. The summed E-state index contributed by atoms with van der Waals surface area (Å²) in [7, 11) is 4.10. The Morgan fingerprint density at radius 2 is 2.00 bits per heavy atom. The van der Waals surface area contributed by atoms with Crippen LogP contribution >= 0.6 is 23.2 Å². The molecule has 0 spiro atoms. The lowest BCUT2D eigenvalue weighted by Gasteiger charge is -2.24. The number of halogens is 2. The zero-order valence-corrected chi connectivity index (χ0v) is 15.3. The standard InChI is InChI=1S/C19H20Cl2N2O/c1-23(2)17-8-11(13-4-3-12(20)9-16(13)21)7-14-15-10-22-6-5-18(15)24-19(14)17/h3-4,7-9,15,18,22H,5-6,10H2,1-2H3/t15-,18-/m0/s1. The second kappa shape index (κ2) is 6.14. The van der Waals surface area contributed by atoms with E-state index in [-0.39, 0.29) is 6.10 Å². The maximum atomic E-state index is 6.44. The van der Waals surface area contributed by atoms with Crippen LogP contribution in [0, 0.1) is 0 Å². The summed E-state index contributed by atoms with van der Waals surface area (Å²) < 4.78 is 6.31. The Balaban J connectivity index is 1.87. The molecular formula is C19H20Cl2N2O. The van der Waals surface area contributed by atoms with Crippen molar-refractivity contribution in [3.63, 3.8) is 0 Å². The summed E-state index contributed by atoms with van der Waals surface area (Å²) in [4.78, 5) is 2.11. The highest BCUT2D eigenvalue weighted by Crippen LogP contribution is 2.48. The van der Waals surface area contributed by atoms with Gasteiger partial charge in [-0.25, -0.2) is 0 Å². The molecule has 1 fully saturated rings. The number of hydrogen-bond acceptors (Lipinski definition) is 3. The largest absolute Gasteiger partial charge is 0.487 e. The van der Waals surface area contributed by atoms with Gasteiger partial charge in [-0.3, -0.25) is 0 Å². The quantitative estimate of drug-likeness (QED) is 0.846. The van der Waals surface area contributed by atoms with Crippen LogP contribution in [0.2, 0.25) is 10.0 Å². The SMILES string of the molecule is CN(C)c1cc(-c2ccc(Cl)cc2Cl)cc2c1O[C@H]1CCNC[C@@H]21. The Hall–Kier alpha value is -1.42. The fourth-order valence-corrected chi connectivity index (χ4v) is 4.21. The number of nitrogens with one attached hydrogen (secondary N) is 1. The molecule has 2 aliphatic heterocycles. The Morgan fingerprint density at radius 3 is 2.75 bits per heavy atom. The van der Waals surface area contributed by atoms with Crippen LogP contribution in [0.5, 0.6) is 5.75 Å². The van der Waals surface area contributed by atoms with Gasteiger partial charge in [0, 0.05) is 47.7 Å². The summed E-state index contributed by atoms with van der Waals surface area (Å²) in [5.74, 6) is 1.42. The van der Waals surface area contributed by atoms with Crippen LogP contribution in [0.4, 0.5) is 5.69 Å². The lowest BCUT2D eigenvalue weighted by Crippen LogP contribution is -2.37. The number of anilines is 1. The first-order chi connectivity index (χ1) is 11.5. The second-order valence-electron chi connectivity index (χ2n) is 6.69. The predicted molar refractivity (Wildman–Crippen MR) is 101 cm³/mol. The molecule has 24 heavy (non-hydrogen) atoms. The molecule has 2 heterocycles. The highest BCUT2D eigenvalue weighted by atomic mass is 35.5. The third-order valence-corrected chi connectivity index (χ3v) is 5.46. The minimum absolute atomic E-state index is 0.274. The molecule has 1 saturated heterocycles. The van der Waals surface area contributed by atoms with E-state index in [2.05, 4.69) is 22.3 Å². The molecule has 4 rings (SSSR count). The van der Waals surface area contributed by atoms with Crippen molar-refractivity contribution < 1.29 is 4.74 Å². The van der Waals surface area contributed by atoms with Crippen molar-refractivity contribution in [1.29, 1.82) is 0 Å². The summed E-state index contributed by atoms with van der Waals surface area (Å²) in [6.07, 6.45) is 1.32. The highest BCUT2D eigenvalue weighted by molar-refractivity contribution is 6.36. The monoisotopic (exact) mass is 362 g/mol. The summed E-state index contributed by atoms with van der Waals surface area (Å²) in [6.45, 7) is 1.98. The van der Waals surface area contributed by atoms with Gasteiger partial charge in [-0.2, -0.15) is 0 Å². The zero-order chi connectivity index (χ0) is 16.8. The molecule has 1 N–H and O–H groups in total. The van der Waals surface area contributed by atoms with Crippen molar-refractivity contribution in [2.75, 3.05) is 32.1 Å². The van der Waals surface area contributed by atoms with Gasteiger partial charge >= 0.3 is 0 Å². The molecule has 0 radical (unpaired) electrons. The first-order valence-electron chi connectivity index (χ1n) is 8.22. The Kier molecular flexibility index (Phi) is 4.11. The number of benzene rings is 2. The summed E-state index contributed by atoms with van der Waals surface area (Å²) in [6, 6.07) is 10.0. The van der Waals surface area contributed by atoms with Gasteiger partial charge in [0.05, 0.1) is 5.69 Å². The van der Waals surface area contributed by atoms with E-state index < -0.39 is 0 Å². The molecule has 126 valence electrons. The number of rotatable bonds is 2. The highest BCUT2D eigenvalue weighted by Gasteiger charge is 2.38. The molecule has 0 aromatic heterocycles. The van der Waals surface area contributed by atoms with Gasteiger partial charge in [0.2, 0.25) is 0 Å². The lowest BCUT2D eigenvalue weighted by molar-refractivity contribution is 0.173. The van der Waals surface area contributed by atoms with Crippen LogP contribution in [0.15, 0.2) is 30.3 Å². The first-order valence-corrected chi connectivity index (χ1v) is 8.98. The van der Waals surface area contributed by atoms with Gasteiger partial charge in [-0.1, -0.05) is 29.3 Å². The zero-order valence-electron chi connectivity index (χ0n) is 13.8. The third-order valence-electron chi connectivity index (χ3n) is 4.91. The van der Waals surface area contributed by atoms with Crippen molar-refractivity contribution in [3.8, 4) is 16.9 Å². The average molecular weight is 363 g/mol. The van der Waals surface area contributed by atoms with E-state index in [9.17, 15) is 0 Å². The summed E-state index contributed by atoms with van der Waals surface area (Å²) in [5.41, 5.74) is 4.48. The fraction of sp³-hybridized carbons (Fsp3) is 0.368. The van der Waals surface area contributed by atoms with Crippen LogP contribution in [0.3, 0.4) is 0 Å². The third kappa shape index (κ3) is 2.65. The number of ether oxygens (including phenoxy) is 1. The van der Waals surface area contributed by atoms with E-state index >= 15 is 0 Å². The maximum Gasteiger partial charge on any atom is 0.146 e. The van der Waals surface area contributed by atoms with Gasteiger partial charge in [-0.15, -0.1) is 0 Å². The summed E-state index contributed by atoms with van der Waals surface area (Å²) in [5, 5.41) is 4.81. The minimum atomic E-state index is 0.274. The van der Waals surface area contributed by atoms with E-state index in [1.165, 1.54) is 5.56 Å². The van der Waals surface area contributed by atoms with Crippen LogP contribution in [0.25, 0.3) is 11.1 Å². The molecule has 2 aromatic rings. The Morgan fingerprint density at radius 1 is 1.17 bits per heavy atom. The molecule has 0 aliphatic carbocycles. The average Bonchev–Trinajstić information content (AvgIpc) is 2.92. The summed E-state index contributed by atoms with van der Waals surface area (Å²) >= 11 is 12.5. The van der Waals surface area contributed by atoms with Gasteiger partial charge in [0.25, 0.3) is 0 Å². The molecule has 0 amide bonds. The van der Waals surface area contributed by atoms with Crippen molar-refractivity contribution in [3.05, 3.63) is 45.9 Å². The molecule has 2 atom stereocenters. The van der Waals surface area contributed by atoms with Crippen molar-refractivity contribution in [2.45, 2.75) is 18.4 Å². The van der Waals surface area contributed by atoms with Crippen LogP contribution in [-0.4, -0.2) is 33.3 Å². The number of fused-ring (bicyclic) bond motifs is 3. The van der Waals surface area contributed by atoms with E-state index in [1.807, 2.05) is 26.2 Å². The predicted octanol–water partition coefficient (Wildman–Crippen LogP) is 4.56. The van der Waals surface area contributed by atoms with Crippen LogP contribution in [-0.2, 0) is 0 Å². The number of hydrogen-bond donors (Lipinski definition) is 1. The van der Waals surface area contributed by atoms with Gasteiger partial charge in [0.1, 0.15) is 11.9 Å². The second-order valence-corrected chi connectivity index (χ2v) is 7.53. The van der Waals surface area contributed by atoms with Gasteiger partial charge < -0.3 is 15.0 Å². The molecule has 0 bridgehead atoms. The lowest BCUT2D eigenvalue weighted by atomic mass is 9.88.